The number of likely N-dealkylation sites (N-methyl/N-ethyl adjacent to an activating group) is 1. The Kier molecular flexibility index (Phi) is 5.46. The maximum atomic E-state index is 13.3. The summed E-state index contributed by atoms with van der Waals surface area (Å²) in [4.78, 5) is 15.1. The lowest BCUT2D eigenvalue weighted by Gasteiger charge is -2.08. The summed E-state index contributed by atoms with van der Waals surface area (Å²) in [5.74, 6) is -0.372. The highest BCUT2D eigenvalue weighted by molar-refractivity contribution is 5.93. The second-order valence-electron chi connectivity index (χ2n) is 3.74. The third kappa shape index (κ3) is 3.94. The molecule has 0 radical (unpaired) electrons. The number of hydrogen-bond donors (Lipinski definition) is 2. The standard InChI is InChI=1S/C14H16FN3O2/c1-4-9(8-13(17-2)14(19)18-3)20-10-5-6-12(16)11(15)7-10/h4-8H,2,16H2,1,3H3,(H,18,19)/b9-4+,13-8-. The first kappa shape index (κ1) is 15.4. The minimum absolute atomic E-state index is 0.0359. The van der Waals surface area contributed by atoms with E-state index >= 15 is 0 Å². The van der Waals surface area contributed by atoms with Crippen molar-refractivity contribution in [2.75, 3.05) is 12.8 Å². The summed E-state index contributed by atoms with van der Waals surface area (Å²) in [5, 5.41) is 2.43. The number of nitrogen functional groups attached to an aromatic ring is 1. The molecule has 0 fully saturated rings. The third-order valence-electron chi connectivity index (χ3n) is 2.40. The SMILES string of the molecule is C=N/C(=C\C(=C/C)Oc1ccc(N)c(F)c1)C(=O)NC. The van der Waals surface area contributed by atoms with Gasteiger partial charge in [0.15, 0.2) is 0 Å². The van der Waals surface area contributed by atoms with E-state index in [1.807, 2.05) is 0 Å². The zero-order chi connectivity index (χ0) is 15.1. The molecule has 0 atom stereocenters. The van der Waals surface area contributed by atoms with Gasteiger partial charge in [0.1, 0.15) is 23.0 Å². The highest BCUT2D eigenvalue weighted by atomic mass is 19.1. The zero-order valence-electron chi connectivity index (χ0n) is 11.3. The van der Waals surface area contributed by atoms with Gasteiger partial charge in [0.05, 0.1) is 5.69 Å². The molecule has 0 saturated heterocycles. The van der Waals surface area contributed by atoms with Crippen LogP contribution in [0.4, 0.5) is 10.1 Å². The topological polar surface area (TPSA) is 76.7 Å². The van der Waals surface area contributed by atoms with Crippen molar-refractivity contribution in [3.8, 4) is 5.75 Å². The van der Waals surface area contributed by atoms with Gasteiger partial charge in [-0.25, -0.2) is 4.39 Å². The van der Waals surface area contributed by atoms with Crippen molar-refractivity contribution in [2.45, 2.75) is 6.92 Å². The van der Waals surface area contributed by atoms with Gasteiger partial charge in [-0.15, -0.1) is 0 Å². The van der Waals surface area contributed by atoms with Gasteiger partial charge in [-0.3, -0.25) is 9.79 Å². The molecule has 6 heteroatoms. The normalized spacial score (nSPS) is 11.9. The average molecular weight is 277 g/mol. The van der Waals surface area contributed by atoms with Crippen LogP contribution in [0.5, 0.6) is 5.75 Å². The monoisotopic (exact) mass is 277 g/mol. The van der Waals surface area contributed by atoms with E-state index in [0.29, 0.717) is 5.76 Å². The lowest BCUT2D eigenvalue weighted by atomic mass is 10.3. The first-order valence-electron chi connectivity index (χ1n) is 5.81. The number of hydrogen-bond acceptors (Lipinski definition) is 4. The molecule has 0 aromatic heterocycles. The Bertz CT molecular complexity index is 580. The highest BCUT2D eigenvalue weighted by Crippen LogP contribution is 2.20. The van der Waals surface area contributed by atoms with Gasteiger partial charge in [-0.05, 0) is 31.9 Å². The van der Waals surface area contributed by atoms with Crippen LogP contribution < -0.4 is 15.8 Å². The lowest BCUT2D eigenvalue weighted by molar-refractivity contribution is -0.117. The van der Waals surface area contributed by atoms with Gasteiger partial charge in [-0.2, -0.15) is 0 Å². The van der Waals surface area contributed by atoms with Crippen LogP contribution in [-0.4, -0.2) is 19.7 Å². The van der Waals surface area contributed by atoms with E-state index in [4.69, 9.17) is 10.5 Å². The minimum Gasteiger partial charge on any atom is -0.458 e. The summed E-state index contributed by atoms with van der Waals surface area (Å²) in [5.41, 5.74) is 5.51. The molecule has 3 N–H and O–H groups in total. The number of rotatable bonds is 5. The van der Waals surface area contributed by atoms with E-state index in [9.17, 15) is 9.18 Å². The molecular weight excluding hydrogens is 261 g/mol. The maximum Gasteiger partial charge on any atom is 0.269 e. The van der Waals surface area contributed by atoms with E-state index in [-0.39, 0.29) is 17.1 Å². The minimum atomic E-state index is -0.574. The molecule has 1 rings (SSSR count). The third-order valence-corrected chi connectivity index (χ3v) is 2.40. The largest absolute Gasteiger partial charge is 0.458 e. The Morgan fingerprint density at radius 2 is 2.25 bits per heavy atom. The molecule has 106 valence electrons. The van der Waals surface area contributed by atoms with Crippen molar-refractivity contribution in [3.05, 3.63) is 47.6 Å². The van der Waals surface area contributed by atoms with Crippen LogP contribution in [0.15, 0.2) is 46.8 Å². The van der Waals surface area contributed by atoms with E-state index in [1.54, 1.807) is 13.0 Å². The van der Waals surface area contributed by atoms with Crippen LogP contribution >= 0.6 is 0 Å². The predicted molar refractivity (Wildman–Crippen MR) is 76.9 cm³/mol. The smallest absolute Gasteiger partial charge is 0.269 e. The van der Waals surface area contributed by atoms with E-state index in [0.717, 1.165) is 6.07 Å². The number of nitrogens with zero attached hydrogens (tertiary/aromatic N) is 1. The van der Waals surface area contributed by atoms with Crippen LogP contribution in [0.25, 0.3) is 0 Å². The molecule has 0 bridgehead atoms. The summed E-state index contributed by atoms with van der Waals surface area (Å²) in [6, 6.07) is 4.08. The molecule has 0 unspecified atom stereocenters. The first-order chi connectivity index (χ1) is 9.51. The molecule has 0 aliphatic carbocycles. The number of benzene rings is 1. The molecule has 1 aromatic carbocycles. The van der Waals surface area contributed by atoms with Gasteiger partial charge in [0.2, 0.25) is 0 Å². The molecule has 0 heterocycles. The molecule has 1 amide bonds. The van der Waals surface area contributed by atoms with Gasteiger partial charge in [0, 0.05) is 19.2 Å². The molecule has 0 aliphatic heterocycles. The van der Waals surface area contributed by atoms with Crippen LogP contribution in [0.1, 0.15) is 6.92 Å². The van der Waals surface area contributed by atoms with Crippen LogP contribution in [0.3, 0.4) is 0 Å². The van der Waals surface area contributed by atoms with Gasteiger partial charge >= 0.3 is 0 Å². The van der Waals surface area contributed by atoms with Crippen molar-refractivity contribution in [1.82, 2.24) is 5.32 Å². The quantitative estimate of drug-likeness (QED) is 0.284. The molecular formula is C14H16FN3O2. The summed E-state index contributed by atoms with van der Waals surface area (Å²) in [7, 11) is 1.48. The maximum absolute atomic E-state index is 13.3. The van der Waals surface area contributed by atoms with E-state index in [1.165, 1.54) is 25.3 Å². The van der Waals surface area contributed by atoms with Crippen molar-refractivity contribution < 1.29 is 13.9 Å². The molecule has 0 aliphatic rings. The van der Waals surface area contributed by atoms with E-state index < -0.39 is 11.7 Å². The summed E-state index contributed by atoms with van der Waals surface area (Å²) < 4.78 is 18.8. The van der Waals surface area contributed by atoms with Gasteiger partial charge in [-0.1, -0.05) is 0 Å². The number of ether oxygens (including phenoxy) is 1. The molecule has 20 heavy (non-hydrogen) atoms. The number of nitrogens with two attached hydrogens (primary N) is 1. The zero-order valence-corrected chi connectivity index (χ0v) is 11.3. The molecule has 5 nitrogen and oxygen atoms in total. The highest BCUT2D eigenvalue weighted by Gasteiger charge is 2.08. The van der Waals surface area contributed by atoms with E-state index in [2.05, 4.69) is 17.0 Å². The number of amides is 1. The number of anilines is 1. The Hall–Kier alpha value is -2.63. The second-order valence-corrected chi connectivity index (χ2v) is 3.74. The molecule has 0 saturated carbocycles. The number of nitrogens with one attached hydrogen (secondary N) is 1. The van der Waals surface area contributed by atoms with Crippen molar-refractivity contribution >= 4 is 18.3 Å². The molecule has 1 aromatic rings. The number of halogens is 1. The first-order valence-corrected chi connectivity index (χ1v) is 5.81. The van der Waals surface area contributed by atoms with Crippen molar-refractivity contribution in [2.24, 2.45) is 4.99 Å². The Morgan fingerprint density at radius 1 is 1.55 bits per heavy atom. The fraction of sp³-hybridized carbons (Fsp3) is 0.143. The van der Waals surface area contributed by atoms with Crippen molar-refractivity contribution in [1.29, 1.82) is 0 Å². The Labute approximate surface area is 116 Å². The van der Waals surface area contributed by atoms with Gasteiger partial charge in [0.25, 0.3) is 5.91 Å². The average Bonchev–Trinajstić information content (AvgIpc) is 2.46. The Morgan fingerprint density at radius 3 is 2.75 bits per heavy atom. The van der Waals surface area contributed by atoms with Crippen LogP contribution in [0, 0.1) is 5.82 Å². The fourth-order valence-corrected chi connectivity index (χ4v) is 1.32. The van der Waals surface area contributed by atoms with Crippen molar-refractivity contribution in [3.63, 3.8) is 0 Å². The number of carbonyl (C=O) groups is 1. The summed E-state index contributed by atoms with van der Waals surface area (Å²) in [6.45, 7) is 5.02. The number of allylic oxidation sites excluding steroid dienone is 2. The lowest BCUT2D eigenvalue weighted by Crippen LogP contribution is -2.19. The summed E-state index contributed by atoms with van der Waals surface area (Å²) >= 11 is 0. The summed E-state index contributed by atoms with van der Waals surface area (Å²) in [6.07, 6.45) is 3.02. The number of aliphatic imine (C=N–C) groups is 1. The number of carbonyl (C=O) groups excluding carboxylic acids is 1. The van der Waals surface area contributed by atoms with Crippen LogP contribution in [-0.2, 0) is 4.79 Å². The predicted octanol–water partition coefficient (Wildman–Crippen LogP) is 2.02. The fourth-order valence-electron chi connectivity index (χ4n) is 1.32. The van der Waals surface area contributed by atoms with Crippen LogP contribution in [0.2, 0.25) is 0 Å². The second kappa shape index (κ2) is 7.08. The molecule has 0 spiro atoms. The van der Waals surface area contributed by atoms with Gasteiger partial charge < -0.3 is 15.8 Å². The Balaban J connectivity index is 2.98.